The van der Waals surface area contributed by atoms with Crippen molar-refractivity contribution in [1.29, 1.82) is 0 Å². The topological polar surface area (TPSA) is 30.9 Å². The van der Waals surface area contributed by atoms with E-state index in [0.29, 0.717) is 0 Å². The first-order chi connectivity index (χ1) is 16.4. The van der Waals surface area contributed by atoms with E-state index in [9.17, 15) is 0 Å². The minimum atomic E-state index is -0.0768. The van der Waals surface area contributed by atoms with E-state index in [1.54, 1.807) is 0 Å². The van der Waals surface area contributed by atoms with Crippen molar-refractivity contribution in [3.05, 3.63) is 25.1 Å². The number of nitrogens with one attached hydrogen (secondary N) is 1. The summed E-state index contributed by atoms with van der Waals surface area (Å²) in [7, 11) is 0. The molecule has 0 aromatic carbocycles. The first-order valence-electron chi connectivity index (χ1n) is 14.1. The lowest BCUT2D eigenvalue weighted by molar-refractivity contribution is 0.157. The van der Waals surface area contributed by atoms with Gasteiger partial charge in [-0.05, 0) is 38.5 Å². The van der Waals surface area contributed by atoms with Crippen LogP contribution in [0.2, 0.25) is 0 Å². The molecule has 0 aromatic rings. The van der Waals surface area contributed by atoms with Crippen LogP contribution in [-0.4, -0.2) is 52.4 Å². The van der Waals surface area contributed by atoms with Gasteiger partial charge >= 0.3 is 0 Å². The lowest BCUT2D eigenvalue weighted by atomic mass is 9.78. The van der Waals surface area contributed by atoms with Gasteiger partial charge in [0.1, 0.15) is 0 Å². The van der Waals surface area contributed by atoms with Crippen LogP contribution >= 0.6 is 22.6 Å². The minimum absolute atomic E-state index is 0.0768. The van der Waals surface area contributed by atoms with E-state index in [-0.39, 0.29) is 11.7 Å². The molecular weight excluding hydrogens is 531 g/mol. The maximum atomic E-state index is 5.47. The van der Waals surface area contributed by atoms with Crippen LogP contribution in [0.1, 0.15) is 112 Å². The summed E-state index contributed by atoms with van der Waals surface area (Å²) in [5, 5.41) is 3.81. The van der Waals surface area contributed by atoms with Crippen LogP contribution in [0.5, 0.6) is 0 Å². The number of nitrogens with zero attached hydrogens (tertiary/aromatic N) is 3. The second-order valence-electron chi connectivity index (χ2n) is 9.78. The van der Waals surface area contributed by atoms with E-state index >= 15 is 0 Å². The van der Waals surface area contributed by atoms with Gasteiger partial charge in [0, 0.05) is 48.2 Å². The van der Waals surface area contributed by atoms with Gasteiger partial charge in [-0.1, -0.05) is 102 Å². The maximum Gasteiger partial charge on any atom is 0.177 e. The molecule has 1 atom stereocenters. The average Bonchev–Trinajstić information content (AvgIpc) is 2.84. The van der Waals surface area contributed by atoms with E-state index in [1.165, 1.54) is 61.5 Å². The molecule has 0 amide bonds. The van der Waals surface area contributed by atoms with Crippen molar-refractivity contribution < 1.29 is 0 Å². The van der Waals surface area contributed by atoms with Crippen LogP contribution in [-0.2, 0) is 0 Å². The molecule has 0 fully saturated rings. The third-order valence-electron chi connectivity index (χ3n) is 7.09. The van der Waals surface area contributed by atoms with Crippen molar-refractivity contribution in [1.82, 2.24) is 15.1 Å². The van der Waals surface area contributed by atoms with Crippen LogP contribution in [0, 0.1) is 5.41 Å². The zero-order chi connectivity index (χ0) is 25.8. The van der Waals surface area contributed by atoms with Crippen molar-refractivity contribution in [3.63, 3.8) is 0 Å². The minimum Gasteiger partial charge on any atom is -0.359 e. The second kappa shape index (κ2) is 20.6. The predicted octanol–water partition coefficient (Wildman–Crippen LogP) is 8.39. The van der Waals surface area contributed by atoms with Gasteiger partial charge in [-0.25, -0.2) is 0 Å². The number of hydrogen-bond acceptors (Lipinski definition) is 4. The molecule has 0 rings (SSSR count). The van der Waals surface area contributed by atoms with Crippen molar-refractivity contribution in [2.45, 2.75) is 118 Å². The molecule has 0 saturated carbocycles. The Bertz CT molecular complexity index is 548. The molecule has 4 nitrogen and oxygen atoms in total. The van der Waals surface area contributed by atoms with Gasteiger partial charge in [-0.15, -0.1) is 6.58 Å². The standard InChI is InChI=1S/C29H57IN4/c1-9-15-18-24-34(23-17-11-3)28(32-27(20-12-4)29(8,13-5)14-6)31-26(7)33(22-16-10-2)25-19-21-30/h12,28,31H,4,7,9-11,13-25H2,1-3,5-6,8H3. The van der Waals surface area contributed by atoms with Gasteiger partial charge < -0.3 is 10.2 Å². The fourth-order valence-electron chi connectivity index (χ4n) is 4.11. The Labute approximate surface area is 227 Å². The van der Waals surface area contributed by atoms with Crippen LogP contribution in [0.3, 0.4) is 0 Å². The summed E-state index contributed by atoms with van der Waals surface area (Å²) in [6, 6.07) is 0. The van der Waals surface area contributed by atoms with Crippen LogP contribution in [0.15, 0.2) is 30.0 Å². The molecule has 1 unspecified atom stereocenters. The van der Waals surface area contributed by atoms with Gasteiger partial charge in [-0.2, -0.15) is 0 Å². The molecule has 0 bridgehead atoms. The SMILES string of the molecule is C=CCC(=NC(NC(=C)N(CCCC)CCCI)N(CCCC)CCCCC)C(C)(CC)CC. The highest BCUT2D eigenvalue weighted by Gasteiger charge is 2.28. The average molecular weight is 589 g/mol. The molecule has 200 valence electrons. The number of hydrogen-bond donors (Lipinski definition) is 1. The van der Waals surface area contributed by atoms with Crippen molar-refractivity contribution >= 4 is 28.3 Å². The normalized spacial score (nSPS) is 13.2. The highest BCUT2D eigenvalue weighted by Crippen LogP contribution is 2.30. The fraction of sp³-hybridized carbons (Fsp3) is 0.828. The van der Waals surface area contributed by atoms with Gasteiger partial charge in [0.05, 0.1) is 5.82 Å². The summed E-state index contributed by atoms with van der Waals surface area (Å²) in [6.45, 7) is 26.6. The highest BCUT2D eigenvalue weighted by molar-refractivity contribution is 14.1. The molecule has 5 heteroatoms. The predicted molar refractivity (Wildman–Crippen MR) is 163 cm³/mol. The Morgan fingerprint density at radius 3 is 2.00 bits per heavy atom. The molecule has 0 aliphatic rings. The summed E-state index contributed by atoms with van der Waals surface area (Å²) in [4.78, 5) is 10.5. The van der Waals surface area contributed by atoms with Crippen molar-refractivity contribution in [2.24, 2.45) is 10.4 Å². The summed E-state index contributed by atoms with van der Waals surface area (Å²) in [5.74, 6) is 1.02. The highest BCUT2D eigenvalue weighted by atomic mass is 127. The molecule has 0 saturated heterocycles. The quantitative estimate of drug-likeness (QED) is 0.0325. The zero-order valence-electron chi connectivity index (χ0n) is 23.6. The number of rotatable bonds is 23. The Morgan fingerprint density at radius 1 is 0.912 bits per heavy atom. The largest absolute Gasteiger partial charge is 0.359 e. The lowest BCUT2D eigenvalue weighted by Gasteiger charge is -2.37. The molecule has 0 radical (unpaired) electrons. The second-order valence-corrected chi connectivity index (χ2v) is 10.9. The number of alkyl halides is 1. The number of halogens is 1. The van der Waals surface area contributed by atoms with Crippen molar-refractivity contribution in [3.8, 4) is 0 Å². The molecule has 0 spiro atoms. The van der Waals surface area contributed by atoms with E-state index in [4.69, 9.17) is 4.99 Å². The molecular formula is C29H57IN4. The molecule has 0 aromatic heterocycles. The monoisotopic (exact) mass is 588 g/mol. The Balaban J connectivity index is 6.15. The van der Waals surface area contributed by atoms with Gasteiger partial charge in [-0.3, -0.25) is 9.89 Å². The molecule has 0 heterocycles. The first-order valence-corrected chi connectivity index (χ1v) is 15.6. The smallest absolute Gasteiger partial charge is 0.177 e. The van der Waals surface area contributed by atoms with E-state index in [0.717, 1.165) is 51.3 Å². The van der Waals surface area contributed by atoms with E-state index in [1.807, 2.05) is 6.08 Å². The van der Waals surface area contributed by atoms with Crippen LogP contribution in [0.4, 0.5) is 0 Å². The summed E-state index contributed by atoms with van der Waals surface area (Å²) >= 11 is 2.48. The van der Waals surface area contributed by atoms with Crippen LogP contribution in [0.25, 0.3) is 0 Å². The van der Waals surface area contributed by atoms with Gasteiger partial charge in [0.15, 0.2) is 6.29 Å². The number of unbranched alkanes of at least 4 members (excludes halogenated alkanes) is 4. The number of allylic oxidation sites excluding steroid dienone is 1. The Morgan fingerprint density at radius 2 is 1.47 bits per heavy atom. The van der Waals surface area contributed by atoms with Gasteiger partial charge in [0.25, 0.3) is 0 Å². The molecule has 0 aliphatic carbocycles. The molecule has 34 heavy (non-hydrogen) atoms. The molecule has 0 aliphatic heterocycles. The summed E-state index contributed by atoms with van der Waals surface area (Å²) in [6.07, 6.45) is 14.6. The van der Waals surface area contributed by atoms with E-state index in [2.05, 4.69) is 92.4 Å². The maximum absolute atomic E-state index is 5.47. The van der Waals surface area contributed by atoms with Crippen LogP contribution < -0.4 is 5.32 Å². The summed E-state index contributed by atoms with van der Waals surface area (Å²) < 4.78 is 1.17. The number of aliphatic imine (C=N–C) groups is 1. The Kier molecular flexibility index (Phi) is 20.3. The third kappa shape index (κ3) is 12.9. The van der Waals surface area contributed by atoms with Gasteiger partial charge in [0.2, 0.25) is 0 Å². The van der Waals surface area contributed by atoms with Crippen molar-refractivity contribution in [2.75, 3.05) is 30.6 Å². The fourth-order valence-corrected chi connectivity index (χ4v) is 4.45. The summed E-state index contributed by atoms with van der Waals surface area (Å²) in [5.41, 5.74) is 1.36. The third-order valence-corrected chi connectivity index (χ3v) is 7.85. The zero-order valence-corrected chi connectivity index (χ0v) is 25.8. The van der Waals surface area contributed by atoms with E-state index < -0.39 is 0 Å². The first kappa shape index (κ1) is 33.4. The molecule has 1 N–H and O–H groups in total. The Hall–Kier alpha value is -0.560. The lowest BCUT2D eigenvalue weighted by Crippen LogP contribution is -2.49.